The van der Waals surface area contributed by atoms with E-state index in [2.05, 4.69) is 15.5 Å². The van der Waals surface area contributed by atoms with Crippen LogP contribution in [0.4, 0.5) is 4.39 Å². The van der Waals surface area contributed by atoms with E-state index in [1.54, 1.807) is 31.4 Å². The normalized spacial score (nSPS) is 10.5. The predicted molar refractivity (Wildman–Crippen MR) is 88.2 cm³/mol. The molecule has 1 aromatic heterocycles. The van der Waals surface area contributed by atoms with Crippen LogP contribution in [0.1, 0.15) is 11.5 Å². The summed E-state index contributed by atoms with van der Waals surface area (Å²) in [4.78, 5) is 16.2. The number of nitrogens with zero attached hydrogens (tertiary/aromatic N) is 2. The average molecular weight is 341 g/mol. The van der Waals surface area contributed by atoms with Crippen LogP contribution in [0.5, 0.6) is 5.75 Å². The van der Waals surface area contributed by atoms with Gasteiger partial charge in [0.25, 0.3) is 0 Å². The molecule has 0 bridgehead atoms. The smallest absolute Gasteiger partial charge is 0.246 e. The fourth-order valence-corrected chi connectivity index (χ4v) is 2.21. The van der Waals surface area contributed by atoms with Gasteiger partial charge in [-0.05, 0) is 42.0 Å². The topological polar surface area (TPSA) is 77.3 Å². The number of carbonyl (C=O) groups is 1. The van der Waals surface area contributed by atoms with Gasteiger partial charge in [0.15, 0.2) is 0 Å². The number of rotatable bonds is 6. The molecule has 0 fully saturated rings. The van der Waals surface area contributed by atoms with Crippen molar-refractivity contribution in [1.82, 2.24) is 15.5 Å². The molecule has 2 aromatic carbocycles. The van der Waals surface area contributed by atoms with Crippen molar-refractivity contribution in [3.63, 3.8) is 0 Å². The van der Waals surface area contributed by atoms with Gasteiger partial charge in [-0.25, -0.2) is 4.39 Å². The zero-order chi connectivity index (χ0) is 17.6. The number of nitrogens with one attached hydrogen (secondary N) is 1. The van der Waals surface area contributed by atoms with Crippen molar-refractivity contribution >= 4 is 5.91 Å². The van der Waals surface area contributed by atoms with E-state index >= 15 is 0 Å². The summed E-state index contributed by atoms with van der Waals surface area (Å²) in [6, 6.07) is 13.0. The molecule has 0 atom stereocenters. The highest BCUT2D eigenvalue weighted by atomic mass is 19.1. The maximum absolute atomic E-state index is 12.8. The van der Waals surface area contributed by atoms with Crippen molar-refractivity contribution in [3.05, 3.63) is 65.8 Å². The third-order valence-electron chi connectivity index (χ3n) is 3.53. The Labute approximate surface area is 143 Å². The van der Waals surface area contributed by atoms with E-state index in [4.69, 9.17) is 9.26 Å². The van der Waals surface area contributed by atoms with Crippen molar-refractivity contribution < 1.29 is 18.4 Å². The molecule has 25 heavy (non-hydrogen) atoms. The summed E-state index contributed by atoms with van der Waals surface area (Å²) in [7, 11) is 1.59. The Bertz CT molecular complexity index is 845. The lowest BCUT2D eigenvalue weighted by atomic mass is 10.1. The molecule has 0 saturated heterocycles. The Kier molecular flexibility index (Phi) is 5.03. The minimum atomic E-state index is -0.332. The zero-order valence-electron chi connectivity index (χ0n) is 13.5. The summed E-state index contributed by atoms with van der Waals surface area (Å²) in [6.07, 6.45) is 0.153. The Hall–Kier alpha value is -3.22. The molecular weight excluding hydrogens is 325 g/mol. The summed E-state index contributed by atoms with van der Waals surface area (Å²) in [5.41, 5.74) is 1.51. The highest BCUT2D eigenvalue weighted by molar-refractivity contribution is 5.78. The van der Waals surface area contributed by atoms with Crippen molar-refractivity contribution in [2.75, 3.05) is 7.11 Å². The minimum Gasteiger partial charge on any atom is -0.497 e. The van der Waals surface area contributed by atoms with E-state index in [9.17, 15) is 9.18 Å². The molecule has 128 valence electrons. The molecule has 0 unspecified atom stereocenters. The van der Waals surface area contributed by atoms with Gasteiger partial charge in [0.05, 0.1) is 20.1 Å². The second-order valence-corrected chi connectivity index (χ2v) is 5.32. The predicted octanol–water partition coefficient (Wildman–Crippen LogP) is 2.74. The minimum absolute atomic E-state index is 0.128. The van der Waals surface area contributed by atoms with Gasteiger partial charge in [0.1, 0.15) is 11.6 Å². The van der Waals surface area contributed by atoms with Crippen molar-refractivity contribution in [3.8, 4) is 17.1 Å². The third-order valence-corrected chi connectivity index (χ3v) is 3.53. The zero-order valence-corrected chi connectivity index (χ0v) is 13.5. The Morgan fingerprint density at radius 3 is 2.56 bits per heavy atom. The lowest BCUT2D eigenvalue weighted by Crippen LogP contribution is -2.24. The number of aromatic nitrogens is 2. The number of benzene rings is 2. The number of hydrogen-bond donors (Lipinski definition) is 1. The first-order chi connectivity index (χ1) is 12.1. The molecule has 1 N–H and O–H groups in total. The molecule has 0 aliphatic carbocycles. The van der Waals surface area contributed by atoms with Crippen LogP contribution in [0.3, 0.4) is 0 Å². The summed E-state index contributed by atoms with van der Waals surface area (Å²) >= 11 is 0. The van der Waals surface area contributed by atoms with Gasteiger partial charge in [-0.15, -0.1) is 0 Å². The van der Waals surface area contributed by atoms with Gasteiger partial charge in [0.2, 0.25) is 17.6 Å². The molecule has 0 spiro atoms. The fourth-order valence-electron chi connectivity index (χ4n) is 2.21. The second-order valence-electron chi connectivity index (χ2n) is 5.32. The monoisotopic (exact) mass is 341 g/mol. The van der Waals surface area contributed by atoms with Gasteiger partial charge >= 0.3 is 0 Å². The Balaban J connectivity index is 1.55. The van der Waals surface area contributed by atoms with Gasteiger partial charge in [-0.3, -0.25) is 4.79 Å². The highest BCUT2D eigenvalue weighted by Crippen LogP contribution is 2.19. The molecule has 7 heteroatoms. The largest absolute Gasteiger partial charge is 0.497 e. The average Bonchev–Trinajstić information content (AvgIpc) is 3.11. The van der Waals surface area contributed by atoms with Crippen LogP contribution in [0.2, 0.25) is 0 Å². The third kappa shape index (κ3) is 4.41. The van der Waals surface area contributed by atoms with E-state index < -0.39 is 0 Å². The van der Waals surface area contributed by atoms with Crippen molar-refractivity contribution in [2.45, 2.75) is 13.0 Å². The first-order valence-electron chi connectivity index (χ1n) is 7.62. The summed E-state index contributed by atoms with van der Waals surface area (Å²) in [6.45, 7) is 0.128. The van der Waals surface area contributed by atoms with Crippen molar-refractivity contribution in [1.29, 1.82) is 0 Å². The molecule has 1 amide bonds. The first-order valence-corrected chi connectivity index (χ1v) is 7.62. The highest BCUT2D eigenvalue weighted by Gasteiger charge is 2.10. The molecule has 3 aromatic rings. The standard InChI is InChI=1S/C18H16FN3O3/c1-24-15-8-4-13(5-9-15)18-21-17(25-22-18)11-20-16(23)10-12-2-6-14(19)7-3-12/h2-9H,10-11H2,1H3,(H,20,23). The summed E-state index contributed by atoms with van der Waals surface area (Å²) in [5.74, 6) is 0.932. The van der Waals surface area contributed by atoms with Crippen LogP contribution in [0.25, 0.3) is 11.4 Å². The molecule has 6 nitrogen and oxygen atoms in total. The van der Waals surface area contributed by atoms with E-state index in [1.165, 1.54) is 12.1 Å². The number of methoxy groups -OCH3 is 1. The SMILES string of the molecule is COc1ccc(-c2noc(CNC(=O)Cc3ccc(F)cc3)n2)cc1. The van der Waals surface area contributed by atoms with E-state index in [0.717, 1.165) is 16.9 Å². The maximum Gasteiger partial charge on any atom is 0.246 e. The number of halogens is 1. The van der Waals surface area contributed by atoms with Crippen LogP contribution in [-0.4, -0.2) is 23.2 Å². The van der Waals surface area contributed by atoms with Gasteiger partial charge in [-0.1, -0.05) is 17.3 Å². The van der Waals surface area contributed by atoms with Crippen LogP contribution in [0.15, 0.2) is 53.1 Å². The fraction of sp³-hybridized carbons (Fsp3) is 0.167. The van der Waals surface area contributed by atoms with E-state index in [0.29, 0.717) is 11.7 Å². The molecule has 0 aliphatic heterocycles. The Morgan fingerprint density at radius 1 is 1.16 bits per heavy atom. The molecule has 1 heterocycles. The molecule has 0 saturated carbocycles. The first kappa shape index (κ1) is 16.6. The van der Waals surface area contributed by atoms with E-state index in [1.807, 2.05) is 12.1 Å². The van der Waals surface area contributed by atoms with E-state index in [-0.39, 0.29) is 24.7 Å². The van der Waals surface area contributed by atoms with Crippen LogP contribution >= 0.6 is 0 Å². The van der Waals surface area contributed by atoms with Crippen LogP contribution < -0.4 is 10.1 Å². The summed E-state index contributed by atoms with van der Waals surface area (Å²) in [5, 5.41) is 6.59. The number of ether oxygens (including phenoxy) is 1. The lowest BCUT2D eigenvalue weighted by molar-refractivity contribution is -0.120. The number of amides is 1. The molecular formula is C18H16FN3O3. The number of hydrogen-bond acceptors (Lipinski definition) is 5. The molecule has 0 radical (unpaired) electrons. The maximum atomic E-state index is 12.8. The van der Waals surface area contributed by atoms with Crippen molar-refractivity contribution in [2.24, 2.45) is 0 Å². The molecule has 0 aliphatic rings. The van der Waals surface area contributed by atoms with Crippen LogP contribution in [0, 0.1) is 5.82 Å². The lowest BCUT2D eigenvalue weighted by Gasteiger charge is -2.02. The number of carbonyl (C=O) groups excluding carboxylic acids is 1. The Morgan fingerprint density at radius 2 is 1.88 bits per heavy atom. The van der Waals surface area contributed by atoms with Gasteiger partial charge < -0.3 is 14.6 Å². The van der Waals surface area contributed by atoms with Crippen LogP contribution in [-0.2, 0) is 17.8 Å². The van der Waals surface area contributed by atoms with Gasteiger partial charge in [0, 0.05) is 5.56 Å². The summed E-state index contributed by atoms with van der Waals surface area (Å²) < 4.78 is 23.1. The molecule has 3 rings (SSSR count). The second kappa shape index (κ2) is 7.57. The quantitative estimate of drug-likeness (QED) is 0.746. The van der Waals surface area contributed by atoms with Gasteiger partial charge in [-0.2, -0.15) is 4.98 Å².